The second-order valence-electron chi connectivity index (χ2n) is 4.11. The van der Waals surface area contributed by atoms with Crippen LogP contribution < -0.4 is 4.74 Å². The van der Waals surface area contributed by atoms with Crippen molar-refractivity contribution in [3.63, 3.8) is 0 Å². The Morgan fingerprint density at radius 3 is 2.72 bits per heavy atom. The van der Waals surface area contributed by atoms with E-state index in [-0.39, 0.29) is 5.97 Å². The largest absolute Gasteiger partial charge is 0.478 e. The molecule has 0 N–H and O–H groups in total. The quantitative estimate of drug-likeness (QED) is 0.545. The molecular weight excluding hydrogens is 232 g/mol. The van der Waals surface area contributed by atoms with Crippen molar-refractivity contribution in [1.82, 2.24) is 9.88 Å². The Hall–Kier alpha value is -1.62. The number of rotatable bonds is 7. The zero-order valence-electron chi connectivity index (χ0n) is 11.2. The van der Waals surface area contributed by atoms with Crippen molar-refractivity contribution >= 4 is 5.97 Å². The van der Waals surface area contributed by atoms with E-state index in [0.29, 0.717) is 24.7 Å². The molecule has 1 aromatic heterocycles. The Labute approximate surface area is 108 Å². The number of carbonyl (C=O) groups is 1. The molecule has 0 aliphatic rings. The summed E-state index contributed by atoms with van der Waals surface area (Å²) >= 11 is 0. The first kappa shape index (κ1) is 14.4. The molecule has 0 aliphatic heterocycles. The van der Waals surface area contributed by atoms with Gasteiger partial charge in [0.25, 0.3) is 0 Å². The van der Waals surface area contributed by atoms with E-state index in [0.717, 1.165) is 13.0 Å². The summed E-state index contributed by atoms with van der Waals surface area (Å²) in [4.78, 5) is 17.5. The van der Waals surface area contributed by atoms with Gasteiger partial charge >= 0.3 is 5.97 Å². The predicted octanol–water partition coefficient (Wildman–Crippen LogP) is 1.59. The molecule has 0 atom stereocenters. The van der Waals surface area contributed by atoms with Gasteiger partial charge in [0.15, 0.2) is 0 Å². The van der Waals surface area contributed by atoms with E-state index in [1.807, 2.05) is 14.1 Å². The summed E-state index contributed by atoms with van der Waals surface area (Å²) in [5, 5.41) is 0. The standard InChI is InChI=1S/C13H20N2O3/c1-4-17-13(16)11-6-7-12(14-10-11)18-9-5-8-15(2)3/h6-7,10H,4-5,8-9H2,1-3H3. The first-order valence-electron chi connectivity index (χ1n) is 6.04. The highest BCUT2D eigenvalue weighted by Crippen LogP contribution is 2.09. The Morgan fingerprint density at radius 1 is 1.39 bits per heavy atom. The van der Waals surface area contributed by atoms with Gasteiger partial charge in [-0.25, -0.2) is 9.78 Å². The van der Waals surface area contributed by atoms with Crippen LogP contribution in [0.15, 0.2) is 18.3 Å². The SMILES string of the molecule is CCOC(=O)c1ccc(OCCCN(C)C)nc1. The van der Waals surface area contributed by atoms with Gasteiger partial charge in [-0.15, -0.1) is 0 Å². The van der Waals surface area contributed by atoms with Crippen LogP contribution >= 0.6 is 0 Å². The molecule has 1 rings (SSSR count). The molecule has 0 spiro atoms. The fourth-order valence-electron chi connectivity index (χ4n) is 1.36. The topological polar surface area (TPSA) is 51.7 Å². The lowest BCUT2D eigenvalue weighted by atomic mass is 10.3. The van der Waals surface area contributed by atoms with Crippen LogP contribution in [0.3, 0.4) is 0 Å². The van der Waals surface area contributed by atoms with Crippen LogP contribution in [-0.4, -0.2) is 49.7 Å². The molecule has 0 fully saturated rings. The molecule has 0 bridgehead atoms. The molecule has 0 amide bonds. The monoisotopic (exact) mass is 252 g/mol. The minimum atomic E-state index is -0.357. The minimum Gasteiger partial charge on any atom is -0.478 e. The normalized spacial score (nSPS) is 10.4. The number of aromatic nitrogens is 1. The maximum atomic E-state index is 11.4. The number of pyridine rings is 1. The number of nitrogens with zero attached hydrogens (tertiary/aromatic N) is 2. The smallest absolute Gasteiger partial charge is 0.339 e. The summed E-state index contributed by atoms with van der Waals surface area (Å²) in [6, 6.07) is 3.34. The summed E-state index contributed by atoms with van der Waals surface area (Å²) in [5.41, 5.74) is 0.442. The third-order valence-corrected chi connectivity index (χ3v) is 2.25. The van der Waals surface area contributed by atoms with E-state index in [2.05, 4.69) is 9.88 Å². The minimum absolute atomic E-state index is 0.357. The molecule has 0 saturated heterocycles. The van der Waals surface area contributed by atoms with Gasteiger partial charge in [-0.3, -0.25) is 0 Å². The average Bonchev–Trinajstić information content (AvgIpc) is 2.35. The van der Waals surface area contributed by atoms with E-state index in [4.69, 9.17) is 9.47 Å². The second kappa shape index (κ2) is 7.66. The Kier molecular flexibility index (Phi) is 6.14. The first-order valence-corrected chi connectivity index (χ1v) is 6.04. The maximum absolute atomic E-state index is 11.4. The molecule has 5 nitrogen and oxygen atoms in total. The van der Waals surface area contributed by atoms with Crippen molar-refractivity contribution in [3.05, 3.63) is 23.9 Å². The van der Waals surface area contributed by atoms with Gasteiger partial charge in [0, 0.05) is 18.8 Å². The Morgan fingerprint density at radius 2 is 2.17 bits per heavy atom. The molecule has 100 valence electrons. The van der Waals surface area contributed by atoms with E-state index >= 15 is 0 Å². The number of esters is 1. The Balaban J connectivity index is 2.38. The van der Waals surface area contributed by atoms with E-state index in [1.165, 1.54) is 6.20 Å². The molecule has 1 aromatic rings. The van der Waals surface area contributed by atoms with Gasteiger partial charge in [-0.05, 0) is 33.5 Å². The third-order valence-electron chi connectivity index (χ3n) is 2.25. The van der Waals surface area contributed by atoms with Crippen molar-refractivity contribution in [2.75, 3.05) is 33.9 Å². The van der Waals surface area contributed by atoms with Crippen LogP contribution in [-0.2, 0) is 4.74 Å². The molecule has 0 saturated carbocycles. The van der Waals surface area contributed by atoms with Crippen LogP contribution in [0.25, 0.3) is 0 Å². The number of hydrogen-bond acceptors (Lipinski definition) is 5. The van der Waals surface area contributed by atoms with Gasteiger partial charge in [0.2, 0.25) is 5.88 Å². The highest BCUT2D eigenvalue weighted by atomic mass is 16.5. The van der Waals surface area contributed by atoms with Crippen LogP contribution in [0.1, 0.15) is 23.7 Å². The lowest BCUT2D eigenvalue weighted by molar-refractivity contribution is 0.0526. The lowest BCUT2D eigenvalue weighted by Crippen LogP contribution is -2.15. The van der Waals surface area contributed by atoms with Gasteiger partial charge < -0.3 is 14.4 Å². The molecule has 1 heterocycles. The van der Waals surface area contributed by atoms with Gasteiger partial charge in [-0.1, -0.05) is 0 Å². The van der Waals surface area contributed by atoms with Gasteiger partial charge in [-0.2, -0.15) is 0 Å². The molecule has 0 radical (unpaired) electrons. The fraction of sp³-hybridized carbons (Fsp3) is 0.538. The first-order chi connectivity index (χ1) is 8.63. The molecule has 0 aliphatic carbocycles. The van der Waals surface area contributed by atoms with Crippen LogP contribution in [0, 0.1) is 0 Å². The number of hydrogen-bond donors (Lipinski definition) is 0. The van der Waals surface area contributed by atoms with Crippen LogP contribution in [0.2, 0.25) is 0 Å². The molecule has 18 heavy (non-hydrogen) atoms. The van der Waals surface area contributed by atoms with Crippen LogP contribution in [0.4, 0.5) is 0 Å². The van der Waals surface area contributed by atoms with Crippen LogP contribution in [0.5, 0.6) is 5.88 Å². The fourth-order valence-corrected chi connectivity index (χ4v) is 1.36. The predicted molar refractivity (Wildman–Crippen MR) is 68.9 cm³/mol. The number of ether oxygens (including phenoxy) is 2. The zero-order chi connectivity index (χ0) is 13.4. The number of carbonyl (C=O) groups excluding carboxylic acids is 1. The maximum Gasteiger partial charge on any atom is 0.339 e. The highest BCUT2D eigenvalue weighted by Gasteiger charge is 2.06. The highest BCUT2D eigenvalue weighted by molar-refractivity contribution is 5.89. The molecule has 0 aromatic carbocycles. The van der Waals surface area contributed by atoms with Crippen molar-refractivity contribution in [2.24, 2.45) is 0 Å². The van der Waals surface area contributed by atoms with Crippen molar-refractivity contribution in [1.29, 1.82) is 0 Å². The zero-order valence-corrected chi connectivity index (χ0v) is 11.2. The van der Waals surface area contributed by atoms with E-state index in [1.54, 1.807) is 19.1 Å². The van der Waals surface area contributed by atoms with Crippen molar-refractivity contribution in [3.8, 4) is 5.88 Å². The summed E-state index contributed by atoms with van der Waals surface area (Å²) < 4.78 is 10.3. The lowest BCUT2D eigenvalue weighted by Gasteiger charge is -2.09. The summed E-state index contributed by atoms with van der Waals surface area (Å²) in [7, 11) is 4.04. The molecule has 0 unspecified atom stereocenters. The molecule has 5 heteroatoms. The molecular formula is C13H20N2O3. The Bertz CT molecular complexity index is 363. The van der Waals surface area contributed by atoms with Crippen molar-refractivity contribution in [2.45, 2.75) is 13.3 Å². The summed E-state index contributed by atoms with van der Waals surface area (Å²) in [6.45, 7) is 3.72. The third kappa shape index (κ3) is 5.14. The van der Waals surface area contributed by atoms with Gasteiger partial charge in [0.1, 0.15) is 0 Å². The van der Waals surface area contributed by atoms with E-state index in [9.17, 15) is 4.79 Å². The average molecular weight is 252 g/mol. The summed E-state index contributed by atoms with van der Waals surface area (Å²) in [5.74, 6) is 0.172. The second-order valence-corrected chi connectivity index (χ2v) is 4.11. The van der Waals surface area contributed by atoms with E-state index < -0.39 is 0 Å². The summed E-state index contributed by atoms with van der Waals surface area (Å²) in [6.07, 6.45) is 2.41. The van der Waals surface area contributed by atoms with Gasteiger partial charge in [0.05, 0.1) is 18.8 Å². The van der Waals surface area contributed by atoms with Crippen molar-refractivity contribution < 1.29 is 14.3 Å².